The fraction of sp³-hybridized carbons (Fsp3) is 0.364. The summed E-state index contributed by atoms with van der Waals surface area (Å²) in [7, 11) is 0. The van der Waals surface area contributed by atoms with Crippen molar-refractivity contribution in [3.63, 3.8) is 0 Å². The first-order chi connectivity index (χ1) is 15.1. The number of nitrogens with one attached hydrogen (secondary N) is 1. The first-order valence-electron chi connectivity index (χ1n) is 10.5. The van der Waals surface area contributed by atoms with Gasteiger partial charge in [0.2, 0.25) is 0 Å². The lowest BCUT2D eigenvalue weighted by atomic mass is 9.91. The molecule has 158 valence electrons. The van der Waals surface area contributed by atoms with E-state index in [9.17, 15) is 4.79 Å². The normalized spacial score (nSPS) is 18.9. The second-order valence-corrected chi connectivity index (χ2v) is 8.04. The van der Waals surface area contributed by atoms with Gasteiger partial charge in [-0.1, -0.05) is 0 Å². The van der Waals surface area contributed by atoms with Gasteiger partial charge in [0.05, 0.1) is 11.7 Å². The van der Waals surface area contributed by atoms with Gasteiger partial charge >= 0.3 is 0 Å². The van der Waals surface area contributed by atoms with Crippen LogP contribution in [0.25, 0.3) is 17.0 Å². The van der Waals surface area contributed by atoms with E-state index in [1.54, 1.807) is 33.7 Å². The summed E-state index contributed by atoms with van der Waals surface area (Å²) in [5, 5.41) is 12.6. The summed E-state index contributed by atoms with van der Waals surface area (Å²) in [6.07, 6.45) is 8.65. The summed E-state index contributed by atoms with van der Waals surface area (Å²) in [5.41, 5.74) is 3.63. The van der Waals surface area contributed by atoms with Gasteiger partial charge in [-0.15, -0.1) is 0 Å². The Morgan fingerprint density at radius 3 is 2.71 bits per heavy atom. The van der Waals surface area contributed by atoms with Gasteiger partial charge in [0.15, 0.2) is 0 Å². The molecule has 1 fully saturated rings. The average molecular weight is 416 g/mol. The minimum atomic E-state index is -0.0611. The van der Waals surface area contributed by atoms with Crippen molar-refractivity contribution >= 4 is 11.6 Å². The molecule has 0 bridgehead atoms. The summed E-state index contributed by atoms with van der Waals surface area (Å²) in [5.74, 6) is 1.54. The van der Waals surface area contributed by atoms with E-state index >= 15 is 0 Å². The van der Waals surface area contributed by atoms with Gasteiger partial charge in [0, 0.05) is 41.3 Å². The van der Waals surface area contributed by atoms with Gasteiger partial charge in [-0.3, -0.25) is 9.78 Å². The molecule has 0 radical (unpaired) electrons. The fourth-order valence-corrected chi connectivity index (χ4v) is 4.22. The number of aromatic nitrogens is 7. The molecule has 31 heavy (non-hydrogen) atoms. The number of aryl methyl sites for hydroxylation is 1. The van der Waals surface area contributed by atoms with Crippen molar-refractivity contribution in [3.8, 4) is 11.3 Å². The maximum Gasteiger partial charge on any atom is 0.267 e. The molecule has 0 spiro atoms. The molecule has 4 aromatic heterocycles. The van der Waals surface area contributed by atoms with Crippen LogP contribution in [0.4, 0.5) is 5.82 Å². The Bertz CT molecular complexity index is 1270. The van der Waals surface area contributed by atoms with Crippen LogP contribution in [0.5, 0.6) is 0 Å². The Kier molecular flexibility index (Phi) is 4.93. The lowest BCUT2D eigenvalue weighted by Gasteiger charge is -2.30. The van der Waals surface area contributed by atoms with E-state index < -0.39 is 0 Å². The highest BCUT2D eigenvalue weighted by atomic mass is 16.1. The third-order valence-electron chi connectivity index (χ3n) is 6.07. The first-order valence-corrected chi connectivity index (χ1v) is 10.5. The molecule has 0 aromatic carbocycles. The molecule has 5 rings (SSSR count). The third-order valence-corrected chi connectivity index (χ3v) is 6.07. The number of hydrogen-bond acceptors (Lipinski definition) is 7. The second-order valence-electron chi connectivity index (χ2n) is 8.04. The van der Waals surface area contributed by atoms with E-state index in [1.807, 2.05) is 26.0 Å². The van der Waals surface area contributed by atoms with E-state index in [1.165, 1.54) is 6.33 Å². The molecular weight excluding hydrogens is 392 g/mol. The maximum absolute atomic E-state index is 12.5. The molecule has 0 amide bonds. The molecule has 4 aromatic rings. The summed E-state index contributed by atoms with van der Waals surface area (Å²) in [6, 6.07) is 7.58. The van der Waals surface area contributed by atoms with E-state index in [0.29, 0.717) is 11.8 Å². The van der Waals surface area contributed by atoms with Crippen LogP contribution < -0.4 is 10.9 Å². The highest BCUT2D eigenvalue weighted by Crippen LogP contribution is 2.30. The minimum absolute atomic E-state index is 0.0611. The van der Waals surface area contributed by atoms with Gasteiger partial charge in [-0.25, -0.2) is 9.67 Å². The molecule has 0 atom stereocenters. The number of pyridine rings is 1. The van der Waals surface area contributed by atoms with Crippen molar-refractivity contribution in [2.24, 2.45) is 0 Å². The highest BCUT2D eigenvalue weighted by molar-refractivity contribution is 5.56. The molecular formula is C22H24N8O. The van der Waals surface area contributed by atoms with Crippen LogP contribution in [0.2, 0.25) is 0 Å². The Labute approximate surface area is 179 Å². The van der Waals surface area contributed by atoms with E-state index in [4.69, 9.17) is 0 Å². The van der Waals surface area contributed by atoms with Gasteiger partial charge in [0.25, 0.3) is 11.3 Å². The monoisotopic (exact) mass is 416 g/mol. The lowest BCUT2D eigenvalue weighted by Crippen LogP contribution is -2.33. The van der Waals surface area contributed by atoms with Gasteiger partial charge < -0.3 is 5.32 Å². The third kappa shape index (κ3) is 3.67. The van der Waals surface area contributed by atoms with Gasteiger partial charge in [0.1, 0.15) is 12.1 Å². The van der Waals surface area contributed by atoms with E-state index in [2.05, 4.69) is 30.5 Å². The predicted molar refractivity (Wildman–Crippen MR) is 117 cm³/mol. The fourth-order valence-electron chi connectivity index (χ4n) is 4.22. The van der Waals surface area contributed by atoms with Crippen molar-refractivity contribution in [2.45, 2.75) is 51.6 Å². The van der Waals surface area contributed by atoms with E-state index in [-0.39, 0.29) is 11.6 Å². The van der Waals surface area contributed by atoms with Crippen molar-refractivity contribution in [1.29, 1.82) is 0 Å². The average Bonchev–Trinajstić information content (AvgIpc) is 3.26. The summed E-state index contributed by atoms with van der Waals surface area (Å²) in [6.45, 7) is 4.03. The van der Waals surface area contributed by atoms with Crippen LogP contribution in [0.1, 0.15) is 43.0 Å². The largest absolute Gasteiger partial charge is 0.367 e. The van der Waals surface area contributed by atoms with Gasteiger partial charge in [-0.2, -0.15) is 19.7 Å². The molecule has 1 aliphatic rings. The molecule has 9 heteroatoms. The van der Waals surface area contributed by atoms with Crippen LogP contribution in [0, 0.1) is 13.8 Å². The Balaban J connectivity index is 1.33. The first kappa shape index (κ1) is 19.3. The summed E-state index contributed by atoms with van der Waals surface area (Å²) in [4.78, 5) is 25.4. The van der Waals surface area contributed by atoms with Crippen LogP contribution in [0.3, 0.4) is 0 Å². The molecule has 4 heterocycles. The minimum Gasteiger partial charge on any atom is -0.367 e. The molecule has 9 nitrogen and oxygen atoms in total. The number of anilines is 1. The van der Waals surface area contributed by atoms with Crippen molar-refractivity contribution in [2.75, 3.05) is 5.32 Å². The Morgan fingerprint density at radius 2 is 1.94 bits per heavy atom. The maximum atomic E-state index is 12.5. The molecule has 0 saturated heterocycles. The smallest absolute Gasteiger partial charge is 0.267 e. The van der Waals surface area contributed by atoms with Crippen molar-refractivity contribution in [3.05, 3.63) is 64.6 Å². The SMILES string of the molecule is Cc1nc2ncnn2c(NC2CCC(n3nc(-c4cccnc4)ccc3=O)CC2)c1C. The predicted octanol–water partition coefficient (Wildman–Crippen LogP) is 2.96. The van der Waals surface area contributed by atoms with Crippen LogP contribution in [-0.4, -0.2) is 40.4 Å². The molecule has 1 saturated carbocycles. The topological polar surface area (TPSA) is 103 Å². The number of hydrogen-bond donors (Lipinski definition) is 1. The highest BCUT2D eigenvalue weighted by Gasteiger charge is 2.25. The molecule has 0 unspecified atom stereocenters. The Hall–Kier alpha value is -3.62. The van der Waals surface area contributed by atoms with E-state index in [0.717, 1.165) is 54.0 Å². The second kappa shape index (κ2) is 7.90. The van der Waals surface area contributed by atoms with Crippen molar-refractivity contribution in [1.82, 2.24) is 34.3 Å². The number of nitrogens with zero attached hydrogens (tertiary/aromatic N) is 7. The zero-order valence-corrected chi connectivity index (χ0v) is 17.6. The Morgan fingerprint density at radius 1 is 1.10 bits per heavy atom. The van der Waals surface area contributed by atoms with Crippen LogP contribution in [0.15, 0.2) is 47.8 Å². The summed E-state index contributed by atoms with van der Waals surface area (Å²) >= 11 is 0. The van der Waals surface area contributed by atoms with Gasteiger partial charge in [-0.05, 0) is 57.7 Å². The van der Waals surface area contributed by atoms with Crippen molar-refractivity contribution < 1.29 is 0 Å². The quantitative estimate of drug-likeness (QED) is 0.545. The lowest BCUT2D eigenvalue weighted by molar-refractivity contribution is 0.304. The molecule has 1 N–H and O–H groups in total. The molecule has 0 aliphatic heterocycles. The number of fused-ring (bicyclic) bond motifs is 1. The summed E-state index contributed by atoms with van der Waals surface area (Å²) < 4.78 is 3.41. The molecule has 1 aliphatic carbocycles. The zero-order valence-electron chi connectivity index (χ0n) is 17.6. The number of rotatable bonds is 4. The van der Waals surface area contributed by atoms with Crippen LogP contribution in [-0.2, 0) is 0 Å². The van der Waals surface area contributed by atoms with Crippen LogP contribution >= 0.6 is 0 Å². The standard InChI is InChI=1S/C22H24N8O/c1-14-15(2)26-22-24-13-25-30(22)21(14)27-17-5-7-18(8-6-17)29-20(31)10-9-19(28-29)16-4-3-11-23-12-16/h3-4,9-13,17-18,27H,5-8H2,1-2H3. The zero-order chi connectivity index (χ0) is 21.4.